The number of benzene rings is 2. The number of anilines is 1. The molecule has 0 aliphatic rings. The smallest absolute Gasteiger partial charge is 0.255 e. The van der Waals surface area contributed by atoms with Crippen LogP contribution in [0.4, 0.5) is 5.69 Å². The van der Waals surface area contributed by atoms with Crippen molar-refractivity contribution in [1.29, 1.82) is 0 Å². The Kier molecular flexibility index (Phi) is 7.12. The van der Waals surface area contributed by atoms with E-state index in [0.29, 0.717) is 30.2 Å². The SMILES string of the molecule is CCCCOc1ccccc1NC(=O)c1ccc(OCC)c(Br)c1. The molecule has 5 heteroatoms. The Morgan fingerprint density at radius 2 is 1.88 bits per heavy atom. The fraction of sp³-hybridized carbons (Fsp3) is 0.316. The highest BCUT2D eigenvalue weighted by Gasteiger charge is 2.12. The van der Waals surface area contributed by atoms with Crippen LogP contribution in [-0.4, -0.2) is 19.1 Å². The summed E-state index contributed by atoms with van der Waals surface area (Å²) in [6.45, 7) is 5.24. The fourth-order valence-corrected chi connectivity index (χ4v) is 2.62. The second kappa shape index (κ2) is 9.33. The molecule has 0 saturated carbocycles. The van der Waals surface area contributed by atoms with Crippen molar-refractivity contribution in [3.8, 4) is 11.5 Å². The normalized spacial score (nSPS) is 10.3. The molecule has 0 unspecified atom stereocenters. The first-order valence-electron chi connectivity index (χ1n) is 8.11. The Balaban J connectivity index is 2.10. The quantitative estimate of drug-likeness (QED) is 0.622. The van der Waals surface area contributed by atoms with Gasteiger partial charge in [0.25, 0.3) is 5.91 Å². The Hall–Kier alpha value is -2.01. The zero-order valence-electron chi connectivity index (χ0n) is 14.0. The Labute approximate surface area is 151 Å². The first kappa shape index (κ1) is 18.3. The number of unbranched alkanes of at least 4 members (excludes halogenated alkanes) is 1. The molecule has 128 valence electrons. The highest BCUT2D eigenvalue weighted by Crippen LogP contribution is 2.28. The lowest BCUT2D eigenvalue weighted by Gasteiger charge is -2.13. The first-order chi connectivity index (χ1) is 11.7. The van der Waals surface area contributed by atoms with Gasteiger partial charge in [-0.05, 0) is 59.6 Å². The van der Waals surface area contributed by atoms with E-state index in [9.17, 15) is 4.79 Å². The zero-order valence-corrected chi connectivity index (χ0v) is 15.6. The summed E-state index contributed by atoms with van der Waals surface area (Å²) in [5, 5.41) is 2.91. The molecule has 0 atom stereocenters. The molecule has 0 aromatic heterocycles. The summed E-state index contributed by atoms with van der Waals surface area (Å²) in [7, 11) is 0. The maximum Gasteiger partial charge on any atom is 0.255 e. The molecule has 24 heavy (non-hydrogen) atoms. The molecule has 0 bridgehead atoms. The van der Waals surface area contributed by atoms with Gasteiger partial charge in [0, 0.05) is 5.56 Å². The zero-order chi connectivity index (χ0) is 17.4. The van der Waals surface area contributed by atoms with Crippen LogP contribution in [0.25, 0.3) is 0 Å². The van der Waals surface area contributed by atoms with Gasteiger partial charge in [-0.15, -0.1) is 0 Å². The number of amides is 1. The standard InChI is InChI=1S/C19H22BrNO3/c1-3-5-12-24-18-9-7-6-8-16(18)21-19(22)14-10-11-17(23-4-2)15(20)13-14/h6-11,13H,3-5,12H2,1-2H3,(H,21,22). The van der Waals surface area contributed by atoms with Crippen molar-refractivity contribution in [3.63, 3.8) is 0 Å². The number of carbonyl (C=O) groups excluding carboxylic acids is 1. The molecule has 0 fully saturated rings. The minimum Gasteiger partial charge on any atom is -0.493 e. The predicted octanol–water partition coefficient (Wildman–Crippen LogP) is 5.28. The molecule has 2 rings (SSSR count). The first-order valence-corrected chi connectivity index (χ1v) is 8.90. The summed E-state index contributed by atoms with van der Waals surface area (Å²) in [6.07, 6.45) is 2.04. The predicted molar refractivity (Wildman–Crippen MR) is 100 cm³/mol. The molecule has 2 aromatic carbocycles. The van der Waals surface area contributed by atoms with Gasteiger partial charge in [0.05, 0.1) is 23.4 Å². The average molecular weight is 392 g/mol. The highest BCUT2D eigenvalue weighted by atomic mass is 79.9. The van der Waals surface area contributed by atoms with E-state index in [1.807, 2.05) is 31.2 Å². The Bertz CT molecular complexity index is 688. The second-order valence-electron chi connectivity index (χ2n) is 5.23. The minimum atomic E-state index is -0.190. The summed E-state index contributed by atoms with van der Waals surface area (Å²) in [5.74, 6) is 1.21. The van der Waals surface area contributed by atoms with Crippen molar-refractivity contribution >= 4 is 27.5 Å². The number of para-hydroxylation sites is 2. The third-order valence-corrected chi connectivity index (χ3v) is 4.00. The van der Waals surface area contributed by atoms with Gasteiger partial charge in [-0.2, -0.15) is 0 Å². The summed E-state index contributed by atoms with van der Waals surface area (Å²) in [6, 6.07) is 12.7. The number of hydrogen-bond acceptors (Lipinski definition) is 3. The van der Waals surface area contributed by atoms with Gasteiger partial charge in [-0.1, -0.05) is 25.5 Å². The van der Waals surface area contributed by atoms with Crippen LogP contribution in [0.1, 0.15) is 37.0 Å². The maximum absolute atomic E-state index is 12.5. The molecule has 2 aromatic rings. The minimum absolute atomic E-state index is 0.190. The number of ether oxygens (including phenoxy) is 2. The van der Waals surface area contributed by atoms with E-state index < -0.39 is 0 Å². The largest absolute Gasteiger partial charge is 0.493 e. The van der Waals surface area contributed by atoms with Crippen molar-refractivity contribution in [2.45, 2.75) is 26.7 Å². The van der Waals surface area contributed by atoms with Crippen LogP contribution in [-0.2, 0) is 0 Å². The van der Waals surface area contributed by atoms with Gasteiger partial charge < -0.3 is 14.8 Å². The van der Waals surface area contributed by atoms with Gasteiger partial charge in [-0.25, -0.2) is 0 Å². The molecule has 1 N–H and O–H groups in total. The van der Waals surface area contributed by atoms with Crippen LogP contribution < -0.4 is 14.8 Å². The van der Waals surface area contributed by atoms with Crippen LogP contribution in [0.15, 0.2) is 46.9 Å². The number of rotatable bonds is 8. The third-order valence-electron chi connectivity index (χ3n) is 3.38. The van der Waals surface area contributed by atoms with Crippen LogP contribution in [0.3, 0.4) is 0 Å². The molecule has 0 saturated heterocycles. The van der Waals surface area contributed by atoms with Crippen molar-refractivity contribution in [1.82, 2.24) is 0 Å². The van der Waals surface area contributed by atoms with Crippen molar-refractivity contribution in [3.05, 3.63) is 52.5 Å². The van der Waals surface area contributed by atoms with E-state index in [-0.39, 0.29) is 5.91 Å². The van der Waals surface area contributed by atoms with Gasteiger partial charge in [-0.3, -0.25) is 4.79 Å². The Morgan fingerprint density at radius 1 is 1.08 bits per heavy atom. The van der Waals surface area contributed by atoms with Gasteiger partial charge in [0.1, 0.15) is 11.5 Å². The van der Waals surface area contributed by atoms with Crippen LogP contribution in [0.5, 0.6) is 11.5 Å². The summed E-state index contributed by atoms with van der Waals surface area (Å²) in [5.41, 5.74) is 1.22. The van der Waals surface area contributed by atoms with Crippen LogP contribution >= 0.6 is 15.9 Å². The van der Waals surface area contributed by atoms with Crippen molar-refractivity contribution in [2.24, 2.45) is 0 Å². The third kappa shape index (κ3) is 4.99. The molecule has 0 heterocycles. The van der Waals surface area contributed by atoms with E-state index in [0.717, 1.165) is 23.1 Å². The Morgan fingerprint density at radius 3 is 2.58 bits per heavy atom. The van der Waals surface area contributed by atoms with Crippen LogP contribution in [0.2, 0.25) is 0 Å². The van der Waals surface area contributed by atoms with Gasteiger partial charge in [0.2, 0.25) is 0 Å². The monoisotopic (exact) mass is 391 g/mol. The molecule has 0 aliphatic heterocycles. The molecule has 1 amide bonds. The summed E-state index contributed by atoms with van der Waals surface area (Å²) in [4.78, 5) is 12.5. The molecular weight excluding hydrogens is 370 g/mol. The molecule has 4 nitrogen and oxygen atoms in total. The van der Waals surface area contributed by atoms with Crippen LogP contribution in [0, 0.1) is 0 Å². The number of halogens is 1. The van der Waals surface area contributed by atoms with Gasteiger partial charge in [0.15, 0.2) is 0 Å². The van der Waals surface area contributed by atoms with E-state index >= 15 is 0 Å². The lowest BCUT2D eigenvalue weighted by atomic mass is 10.2. The fourth-order valence-electron chi connectivity index (χ4n) is 2.13. The molecular formula is C19H22BrNO3. The van der Waals surface area contributed by atoms with E-state index in [1.165, 1.54) is 0 Å². The lowest BCUT2D eigenvalue weighted by Crippen LogP contribution is -2.13. The summed E-state index contributed by atoms with van der Waals surface area (Å²) < 4.78 is 12.0. The number of nitrogens with one attached hydrogen (secondary N) is 1. The van der Waals surface area contributed by atoms with Gasteiger partial charge >= 0.3 is 0 Å². The topological polar surface area (TPSA) is 47.6 Å². The highest BCUT2D eigenvalue weighted by molar-refractivity contribution is 9.10. The lowest BCUT2D eigenvalue weighted by molar-refractivity contribution is 0.102. The average Bonchev–Trinajstić information content (AvgIpc) is 2.58. The molecule has 0 spiro atoms. The molecule has 0 radical (unpaired) electrons. The molecule has 0 aliphatic carbocycles. The van der Waals surface area contributed by atoms with E-state index in [2.05, 4.69) is 28.2 Å². The maximum atomic E-state index is 12.5. The second-order valence-corrected chi connectivity index (χ2v) is 6.08. The van der Waals surface area contributed by atoms with Crippen molar-refractivity contribution < 1.29 is 14.3 Å². The van der Waals surface area contributed by atoms with E-state index in [1.54, 1.807) is 18.2 Å². The summed E-state index contributed by atoms with van der Waals surface area (Å²) >= 11 is 3.43. The number of hydrogen-bond donors (Lipinski definition) is 1. The number of carbonyl (C=O) groups is 1. The van der Waals surface area contributed by atoms with E-state index in [4.69, 9.17) is 9.47 Å². The van der Waals surface area contributed by atoms with Crippen molar-refractivity contribution in [2.75, 3.05) is 18.5 Å².